The molecule has 0 amide bonds. The normalized spacial score (nSPS) is 11.3. The summed E-state index contributed by atoms with van der Waals surface area (Å²) >= 11 is 3.64. The minimum Gasteiger partial charge on any atom is -0.246 e. The zero-order valence-electron chi connectivity index (χ0n) is 59.3. The Labute approximate surface area is 644 Å². The maximum absolute atomic E-state index is 5.25. The molecule has 20 aromatic rings. The lowest BCUT2D eigenvalue weighted by molar-refractivity contribution is 1.07. The third-order valence-corrected chi connectivity index (χ3v) is 22.4. The van der Waals surface area contributed by atoms with Crippen molar-refractivity contribution in [2.24, 2.45) is 0 Å². The lowest BCUT2D eigenvalue weighted by atomic mass is 9.94. The number of rotatable bonds is 14. The summed E-state index contributed by atoms with van der Waals surface area (Å²) in [5, 5.41) is 4.76. The van der Waals surface area contributed by atoms with Gasteiger partial charge in [-0.25, -0.2) is 39.9 Å². The summed E-state index contributed by atoms with van der Waals surface area (Å²) in [5.74, 6) is 3.84. The van der Waals surface area contributed by atoms with E-state index >= 15 is 0 Å². The third-order valence-electron chi connectivity index (χ3n) is 19.9. The summed E-state index contributed by atoms with van der Waals surface area (Å²) < 4.78 is 2.37. The van der Waals surface area contributed by atoms with Crippen LogP contribution in [0.3, 0.4) is 0 Å². The first-order valence-corrected chi connectivity index (χ1v) is 38.3. The molecule has 6 heterocycles. The maximum atomic E-state index is 5.25. The first kappa shape index (κ1) is 66.5. The molecule has 516 valence electrons. The first-order chi connectivity index (χ1) is 54.5. The van der Waals surface area contributed by atoms with E-state index in [0.717, 1.165) is 106 Å². The molecule has 110 heavy (non-hydrogen) atoms. The van der Waals surface area contributed by atoms with Crippen LogP contribution < -0.4 is 0 Å². The number of thiophene rings is 2. The van der Waals surface area contributed by atoms with Gasteiger partial charge in [0.15, 0.2) is 34.9 Å². The Kier molecular flexibility index (Phi) is 17.9. The van der Waals surface area contributed by atoms with Gasteiger partial charge in [0.25, 0.3) is 0 Å². The van der Waals surface area contributed by atoms with E-state index in [4.69, 9.17) is 39.9 Å². The van der Waals surface area contributed by atoms with E-state index in [9.17, 15) is 0 Å². The fourth-order valence-electron chi connectivity index (χ4n) is 14.5. The zero-order valence-corrected chi connectivity index (χ0v) is 61.0. The minimum atomic E-state index is 0.625. The number of aromatic nitrogens is 8. The van der Waals surface area contributed by atoms with Crippen molar-refractivity contribution in [1.29, 1.82) is 0 Å². The summed E-state index contributed by atoms with van der Waals surface area (Å²) in [4.78, 5) is 42.8. The molecule has 20 rings (SSSR count). The van der Waals surface area contributed by atoms with Crippen molar-refractivity contribution in [3.05, 3.63) is 388 Å². The van der Waals surface area contributed by atoms with E-state index in [1.54, 1.807) is 0 Å². The van der Waals surface area contributed by atoms with Gasteiger partial charge in [-0.15, -0.1) is 22.7 Å². The Balaban J connectivity index is 0.000000149. The van der Waals surface area contributed by atoms with Crippen LogP contribution in [0.25, 0.3) is 198 Å². The average Bonchev–Trinajstić information content (AvgIpc) is 1.58. The van der Waals surface area contributed by atoms with Gasteiger partial charge >= 0.3 is 0 Å². The number of nitrogens with zero attached hydrogens (tertiary/aromatic N) is 8. The second kappa shape index (κ2) is 29.6. The fraction of sp³-hybridized carbons (Fsp3) is 0. The van der Waals surface area contributed by atoms with Crippen molar-refractivity contribution in [2.45, 2.75) is 0 Å². The van der Waals surface area contributed by atoms with Gasteiger partial charge in [0, 0.05) is 86.9 Å². The second-order valence-corrected chi connectivity index (χ2v) is 28.9. The molecule has 0 saturated heterocycles. The molecule has 0 bridgehead atoms. The Bertz CT molecular complexity index is 6630. The van der Waals surface area contributed by atoms with Crippen LogP contribution in [0.4, 0.5) is 0 Å². The smallest absolute Gasteiger partial charge is 0.164 e. The SMILES string of the molecule is c1ccc(-c2cccc(-c3nc(-c4ccccc4)nc(-c4ccc(-c5c(-c6ccccc6)sc6c(-c7ccccc7)nc7ccccc7c56)cc4)n3)c2)cc1.c1ccc(-c2nc(-c3ccccc3)nc(-c3ccc(-c4ccc(-c5c(-c6ccccc6)sc6c(-c7ccccc7)nc7ccccc7c56)cc4)cc3)n2)cc1. The van der Waals surface area contributed by atoms with E-state index in [1.807, 2.05) is 120 Å². The number of hydrogen-bond acceptors (Lipinski definition) is 10. The van der Waals surface area contributed by atoms with Crippen LogP contribution in [-0.2, 0) is 0 Å². The highest BCUT2D eigenvalue weighted by Crippen LogP contribution is 2.52. The molecule has 0 fully saturated rings. The molecule has 0 aliphatic heterocycles. The summed E-state index contributed by atoms with van der Waals surface area (Å²) in [5.41, 5.74) is 23.5. The number of fused-ring (bicyclic) bond motifs is 6. The van der Waals surface area contributed by atoms with Gasteiger partial charge in [0.1, 0.15) is 0 Å². The van der Waals surface area contributed by atoms with Crippen molar-refractivity contribution in [3.63, 3.8) is 0 Å². The van der Waals surface area contributed by atoms with Gasteiger partial charge in [-0.3, -0.25) is 0 Å². The largest absolute Gasteiger partial charge is 0.246 e. The predicted molar refractivity (Wildman–Crippen MR) is 457 cm³/mol. The number of para-hydroxylation sites is 2. The van der Waals surface area contributed by atoms with E-state index in [1.165, 1.54) is 57.7 Å². The lowest BCUT2D eigenvalue weighted by Gasteiger charge is -2.11. The molecule has 6 aromatic heterocycles. The Morgan fingerprint density at radius 3 is 0.745 bits per heavy atom. The molecule has 10 heteroatoms. The molecule has 0 saturated carbocycles. The van der Waals surface area contributed by atoms with Crippen LogP contribution in [0, 0.1) is 0 Å². The monoisotopic (exact) mass is 1440 g/mol. The second-order valence-electron chi connectivity index (χ2n) is 26.8. The third kappa shape index (κ3) is 13.2. The molecule has 0 N–H and O–H groups in total. The van der Waals surface area contributed by atoms with Crippen molar-refractivity contribution in [2.75, 3.05) is 0 Å². The average molecular weight is 1440 g/mol. The van der Waals surface area contributed by atoms with Crippen LogP contribution >= 0.6 is 22.7 Å². The van der Waals surface area contributed by atoms with Gasteiger partial charge in [0.2, 0.25) is 0 Å². The molecule has 0 atom stereocenters. The van der Waals surface area contributed by atoms with Crippen LogP contribution in [0.15, 0.2) is 388 Å². The maximum Gasteiger partial charge on any atom is 0.164 e. The molecule has 0 aliphatic carbocycles. The van der Waals surface area contributed by atoms with Gasteiger partial charge in [-0.1, -0.05) is 370 Å². The standard InChI is InChI=1S/2C50H32N4S/c1-5-16-33(17-6-1)39-24-15-25-40(32-39)50-53-48(37-22-11-4-12-23-37)52-49(54-50)38-30-28-34(29-31-38)43-44-41-26-13-14-27-42(41)51-45(35-18-7-2-8-19-35)47(44)55-46(43)36-20-9-3-10-21-36;1-5-15-36(16-6-1)45-47-44(41-23-13-14-24-42(41)51-45)43(46(55-47)37-17-7-2-8-18-37)35-29-25-33(26-30-35)34-27-31-40(32-28-34)50-53-48(38-19-9-3-10-20-38)52-49(54-50)39-21-11-4-12-22-39/h2*1-32H. The molecular formula is C100H64N8S2. The predicted octanol–water partition coefficient (Wildman–Crippen LogP) is 26.6. The highest BCUT2D eigenvalue weighted by Gasteiger charge is 2.26. The Morgan fingerprint density at radius 2 is 0.400 bits per heavy atom. The van der Waals surface area contributed by atoms with E-state index in [2.05, 4.69) is 291 Å². The van der Waals surface area contributed by atoms with Crippen LogP contribution in [0.1, 0.15) is 0 Å². The summed E-state index contributed by atoms with van der Waals surface area (Å²) in [6.45, 7) is 0. The minimum absolute atomic E-state index is 0.625. The summed E-state index contributed by atoms with van der Waals surface area (Å²) in [6, 6.07) is 135. The summed E-state index contributed by atoms with van der Waals surface area (Å²) in [7, 11) is 0. The lowest BCUT2D eigenvalue weighted by Crippen LogP contribution is -2.00. The van der Waals surface area contributed by atoms with E-state index in [-0.39, 0.29) is 0 Å². The Morgan fingerprint density at radius 1 is 0.164 bits per heavy atom. The number of hydrogen-bond donors (Lipinski definition) is 0. The van der Waals surface area contributed by atoms with Crippen LogP contribution in [0.5, 0.6) is 0 Å². The van der Waals surface area contributed by atoms with Gasteiger partial charge in [-0.2, -0.15) is 0 Å². The van der Waals surface area contributed by atoms with Crippen molar-refractivity contribution >= 4 is 64.7 Å². The summed E-state index contributed by atoms with van der Waals surface area (Å²) in [6.07, 6.45) is 0. The van der Waals surface area contributed by atoms with Crippen molar-refractivity contribution in [1.82, 2.24) is 39.9 Å². The molecular weight excluding hydrogens is 1380 g/mol. The number of benzene rings is 14. The van der Waals surface area contributed by atoms with Crippen molar-refractivity contribution < 1.29 is 0 Å². The van der Waals surface area contributed by atoms with E-state index in [0.29, 0.717) is 34.9 Å². The molecule has 0 spiro atoms. The molecule has 8 nitrogen and oxygen atoms in total. The first-order valence-electron chi connectivity index (χ1n) is 36.6. The van der Waals surface area contributed by atoms with Crippen LogP contribution in [0.2, 0.25) is 0 Å². The quantitative estimate of drug-likeness (QED) is 0.106. The topological polar surface area (TPSA) is 103 Å². The number of pyridine rings is 2. The van der Waals surface area contributed by atoms with Gasteiger partial charge in [-0.05, 0) is 62.7 Å². The fourth-order valence-corrected chi connectivity index (χ4v) is 17.2. The Hall–Kier alpha value is -14.2. The highest BCUT2D eigenvalue weighted by atomic mass is 32.1. The van der Waals surface area contributed by atoms with Gasteiger partial charge < -0.3 is 0 Å². The zero-order chi connectivity index (χ0) is 73.1. The molecule has 0 radical (unpaired) electrons. The highest BCUT2D eigenvalue weighted by molar-refractivity contribution is 7.24. The van der Waals surface area contributed by atoms with Gasteiger partial charge in [0.05, 0.1) is 31.8 Å². The van der Waals surface area contributed by atoms with Crippen LogP contribution in [-0.4, -0.2) is 39.9 Å². The molecule has 0 aliphatic rings. The molecule has 14 aromatic carbocycles. The van der Waals surface area contributed by atoms with Crippen molar-refractivity contribution in [3.8, 4) is 156 Å². The molecule has 0 unspecified atom stereocenters. The van der Waals surface area contributed by atoms with E-state index < -0.39 is 0 Å².